The summed E-state index contributed by atoms with van der Waals surface area (Å²) in [6, 6.07) is 31.9. The van der Waals surface area contributed by atoms with Gasteiger partial charge in [0, 0.05) is 0 Å². The Morgan fingerprint density at radius 1 is 0.548 bits per heavy atom. The summed E-state index contributed by atoms with van der Waals surface area (Å²) in [5.41, 5.74) is 1.82. The Hall–Kier alpha value is -4.84. The molecule has 0 amide bonds. The summed E-state index contributed by atoms with van der Waals surface area (Å²) in [7, 11) is 0. The normalized spacial score (nSPS) is 11.0. The van der Waals surface area contributed by atoms with E-state index in [0.717, 1.165) is 32.1 Å². The lowest BCUT2D eigenvalue weighted by atomic mass is 10.0. The lowest BCUT2D eigenvalue weighted by Gasteiger charge is -2.17. The minimum Gasteiger partial charge on any atom is -0.490 e. The van der Waals surface area contributed by atoms with Gasteiger partial charge in [-0.2, -0.15) is 0 Å². The molecule has 214 valence electrons. The molecule has 0 aliphatic heterocycles. The Kier molecular flexibility index (Phi) is 9.34. The first kappa shape index (κ1) is 28.7. The van der Waals surface area contributed by atoms with Crippen molar-refractivity contribution in [3.63, 3.8) is 0 Å². The standard InChI is InChI=1S/C36H34O6/c37-35(38)31-21-22-32(41-23-7-5-13-27-17-9-15-25-11-1-3-19-29(25)27)34(33(31)36(39)40)42-24-8-6-14-28-18-10-16-26-12-2-4-20-30(26)28/h1-4,9-12,15-22H,5-8,13-14,23-24H2,(H,37,38)(H,39,40). The monoisotopic (exact) mass is 562 g/mol. The van der Waals surface area contributed by atoms with Gasteiger partial charge in [-0.15, -0.1) is 0 Å². The number of carboxylic acids is 2. The van der Waals surface area contributed by atoms with E-state index in [4.69, 9.17) is 9.47 Å². The number of aryl methyl sites for hydroxylation is 2. The maximum absolute atomic E-state index is 12.1. The van der Waals surface area contributed by atoms with Crippen LogP contribution in [0.4, 0.5) is 0 Å². The summed E-state index contributed by atoms with van der Waals surface area (Å²) in [4.78, 5) is 23.9. The van der Waals surface area contributed by atoms with Gasteiger partial charge in [0.05, 0.1) is 18.8 Å². The zero-order valence-electron chi connectivity index (χ0n) is 23.4. The third-order valence-electron chi connectivity index (χ3n) is 7.51. The van der Waals surface area contributed by atoms with E-state index < -0.39 is 11.9 Å². The SMILES string of the molecule is O=C(O)c1ccc(OCCCCc2cccc3ccccc23)c(OCCCCc2cccc3ccccc23)c1C(=O)O. The van der Waals surface area contributed by atoms with Crippen molar-refractivity contribution in [1.29, 1.82) is 0 Å². The van der Waals surface area contributed by atoms with Crippen molar-refractivity contribution in [2.75, 3.05) is 13.2 Å². The zero-order valence-corrected chi connectivity index (χ0v) is 23.4. The highest BCUT2D eigenvalue weighted by Gasteiger charge is 2.25. The number of ether oxygens (including phenoxy) is 2. The Morgan fingerprint density at radius 3 is 1.62 bits per heavy atom. The van der Waals surface area contributed by atoms with E-state index in [1.54, 1.807) is 0 Å². The topological polar surface area (TPSA) is 93.1 Å². The zero-order chi connectivity index (χ0) is 29.3. The summed E-state index contributed by atoms with van der Waals surface area (Å²) < 4.78 is 11.9. The van der Waals surface area contributed by atoms with Crippen molar-refractivity contribution in [1.82, 2.24) is 0 Å². The molecule has 0 heterocycles. The van der Waals surface area contributed by atoms with E-state index in [1.807, 2.05) is 24.3 Å². The van der Waals surface area contributed by atoms with Crippen molar-refractivity contribution < 1.29 is 29.3 Å². The fourth-order valence-corrected chi connectivity index (χ4v) is 5.42. The third-order valence-corrected chi connectivity index (χ3v) is 7.51. The number of fused-ring (bicyclic) bond motifs is 2. The van der Waals surface area contributed by atoms with E-state index in [2.05, 4.69) is 60.7 Å². The molecule has 0 fully saturated rings. The minimum absolute atomic E-state index is 0.0263. The van der Waals surface area contributed by atoms with Gasteiger partial charge in [-0.25, -0.2) is 9.59 Å². The average molecular weight is 563 g/mol. The van der Waals surface area contributed by atoms with Gasteiger partial charge in [-0.05, 0) is 83.3 Å². The maximum atomic E-state index is 12.1. The van der Waals surface area contributed by atoms with Gasteiger partial charge in [-0.1, -0.05) is 84.9 Å². The van der Waals surface area contributed by atoms with Gasteiger partial charge in [0.2, 0.25) is 0 Å². The van der Waals surface area contributed by atoms with Crippen LogP contribution in [0.5, 0.6) is 11.5 Å². The van der Waals surface area contributed by atoms with Gasteiger partial charge in [0.15, 0.2) is 11.5 Å². The summed E-state index contributed by atoms with van der Waals surface area (Å²) in [5.74, 6) is -2.47. The lowest BCUT2D eigenvalue weighted by molar-refractivity contribution is 0.0646. The van der Waals surface area contributed by atoms with Gasteiger partial charge in [0.1, 0.15) is 5.56 Å². The van der Waals surface area contributed by atoms with E-state index >= 15 is 0 Å². The summed E-state index contributed by atoms with van der Waals surface area (Å²) in [6.07, 6.45) is 4.88. The smallest absolute Gasteiger partial charge is 0.340 e. The molecular weight excluding hydrogens is 528 g/mol. The Balaban J connectivity index is 1.21. The highest BCUT2D eigenvalue weighted by atomic mass is 16.5. The Bertz CT molecular complexity index is 1700. The number of aromatic carboxylic acids is 2. The molecule has 5 rings (SSSR count). The lowest BCUT2D eigenvalue weighted by Crippen LogP contribution is -2.13. The number of benzene rings is 5. The Morgan fingerprint density at radius 2 is 1.07 bits per heavy atom. The van der Waals surface area contributed by atoms with Crippen molar-refractivity contribution in [3.8, 4) is 11.5 Å². The molecule has 0 radical (unpaired) electrons. The molecule has 0 saturated carbocycles. The highest BCUT2D eigenvalue weighted by Crippen LogP contribution is 2.35. The molecule has 0 unspecified atom stereocenters. The molecule has 5 aromatic rings. The molecule has 5 aromatic carbocycles. The van der Waals surface area contributed by atoms with Crippen LogP contribution in [0.15, 0.2) is 97.1 Å². The van der Waals surface area contributed by atoms with Gasteiger partial charge in [-0.3, -0.25) is 0 Å². The van der Waals surface area contributed by atoms with Crippen molar-refractivity contribution >= 4 is 33.5 Å². The van der Waals surface area contributed by atoms with E-state index in [1.165, 1.54) is 44.8 Å². The molecule has 0 spiro atoms. The molecule has 0 aromatic heterocycles. The molecule has 6 heteroatoms. The largest absolute Gasteiger partial charge is 0.490 e. The average Bonchev–Trinajstić information content (AvgIpc) is 3.00. The molecule has 0 aliphatic carbocycles. The van der Waals surface area contributed by atoms with Crippen LogP contribution in [-0.4, -0.2) is 35.4 Å². The highest BCUT2D eigenvalue weighted by molar-refractivity contribution is 6.04. The molecule has 0 bridgehead atoms. The Labute approximate surface area is 245 Å². The predicted molar refractivity (Wildman–Crippen MR) is 165 cm³/mol. The molecule has 0 aliphatic rings. The quantitative estimate of drug-likeness (QED) is 0.133. The summed E-state index contributed by atoms with van der Waals surface area (Å²) >= 11 is 0. The van der Waals surface area contributed by atoms with Crippen LogP contribution >= 0.6 is 0 Å². The molecule has 0 atom stereocenters. The second-order valence-corrected chi connectivity index (χ2v) is 10.3. The van der Waals surface area contributed by atoms with Gasteiger partial charge in [0.25, 0.3) is 0 Å². The van der Waals surface area contributed by atoms with Crippen molar-refractivity contribution in [3.05, 3.63) is 119 Å². The van der Waals surface area contributed by atoms with Crippen LogP contribution in [0.2, 0.25) is 0 Å². The first-order valence-corrected chi connectivity index (χ1v) is 14.4. The third kappa shape index (κ3) is 6.72. The van der Waals surface area contributed by atoms with Crippen LogP contribution in [0.1, 0.15) is 57.5 Å². The maximum Gasteiger partial charge on any atom is 0.340 e. The van der Waals surface area contributed by atoms with Gasteiger partial charge >= 0.3 is 11.9 Å². The van der Waals surface area contributed by atoms with Crippen LogP contribution in [-0.2, 0) is 12.8 Å². The number of hydrogen-bond acceptors (Lipinski definition) is 4. The predicted octanol–water partition coefficient (Wildman–Crippen LogP) is 8.19. The first-order chi connectivity index (χ1) is 20.5. The molecule has 0 saturated heterocycles. The molecule has 2 N–H and O–H groups in total. The van der Waals surface area contributed by atoms with Crippen LogP contribution in [0.25, 0.3) is 21.5 Å². The number of rotatable bonds is 14. The van der Waals surface area contributed by atoms with E-state index in [9.17, 15) is 19.8 Å². The molecular formula is C36H34O6. The first-order valence-electron chi connectivity index (χ1n) is 14.4. The van der Waals surface area contributed by atoms with Crippen LogP contribution < -0.4 is 9.47 Å². The number of carboxylic acid groups (broad SMARTS) is 2. The summed E-state index contributed by atoms with van der Waals surface area (Å²) in [6.45, 7) is 0.596. The van der Waals surface area contributed by atoms with E-state index in [0.29, 0.717) is 13.0 Å². The number of unbranched alkanes of at least 4 members (excludes halogenated alkanes) is 2. The second kappa shape index (κ2) is 13.7. The van der Waals surface area contributed by atoms with Gasteiger partial charge < -0.3 is 19.7 Å². The fraction of sp³-hybridized carbons (Fsp3) is 0.222. The molecule has 6 nitrogen and oxygen atoms in total. The minimum atomic E-state index is -1.36. The number of hydrogen-bond donors (Lipinski definition) is 2. The summed E-state index contributed by atoms with van der Waals surface area (Å²) in [5, 5.41) is 24.4. The van der Waals surface area contributed by atoms with E-state index in [-0.39, 0.29) is 29.2 Å². The van der Waals surface area contributed by atoms with Crippen LogP contribution in [0.3, 0.4) is 0 Å². The van der Waals surface area contributed by atoms with Crippen molar-refractivity contribution in [2.45, 2.75) is 38.5 Å². The number of carbonyl (C=O) groups is 2. The fourth-order valence-electron chi connectivity index (χ4n) is 5.42. The second-order valence-electron chi connectivity index (χ2n) is 10.3. The van der Waals surface area contributed by atoms with Crippen LogP contribution in [0, 0.1) is 0 Å². The van der Waals surface area contributed by atoms with Crippen molar-refractivity contribution in [2.24, 2.45) is 0 Å². The molecule has 42 heavy (non-hydrogen) atoms.